The molecular weight excluding hydrogens is 498 g/mol. The summed E-state index contributed by atoms with van der Waals surface area (Å²) in [7, 11) is 1.72. The van der Waals surface area contributed by atoms with Gasteiger partial charge in [0.25, 0.3) is 0 Å². The molecule has 10 heteroatoms. The number of likely N-dealkylation sites (N-methyl/N-ethyl adjacent to an activating group) is 1. The van der Waals surface area contributed by atoms with E-state index in [1.807, 2.05) is 31.2 Å². The van der Waals surface area contributed by atoms with Crippen molar-refractivity contribution < 1.29 is 14.4 Å². The molecule has 3 aromatic rings. The van der Waals surface area contributed by atoms with Crippen LogP contribution in [0.2, 0.25) is 5.02 Å². The Balaban J connectivity index is 1.42. The quantitative estimate of drug-likeness (QED) is 0.560. The lowest BCUT2D eigenvalue weighted by Gasteiger charge is -2.56. The van der Waals surface area contributed by atoms with Crippen molar-refractivity contribution in [2.75, 3.05) is 13.6 Å². The van der Waals surface area contributed by atoms with Gasteiger partial charge in [0.2, 0.25) is 11.8 Å². The minimum atomic E-state index is -0.677. The maximum absolute atomic E-state index is 13.5. The number of carbonyl (C=O) groups excluding carboxylic acids is 3. The van der Waals surface area contributed by atoms with Gasteiger partial charge in [0.1, 0.15) is 12.2 Å². The second kappa shape index (κ2) is 9.72. The van der Waals surface area contributed by atoms with E-state index >= 15 is 0 Å². The average molecular weight is 526 g/mol. The van der Waals surface area contributed by atoms with Gasteiger partial charge in [-0.15, -0.1) is 11.3 Å². The van der Waals surface area contributed by atoms with E-state index in [1.54, 1.807) is 57.3 Å². The van der Waals surface area contributed by atoms with Gasteiger partial charge in [-0.1, -0.05) is 41.9 Å². The van der Waals surface area contributed by atoms with E-state index in [2.05, 4.69) is 22.8 Å². The van der Waals surface area contributed by atoms with Crippen LogP contribution in [-0.4, -0.2) is 69.5 Å². The van der Waals surface area contributed by atoms with Crippen LogP contribution in [0.5, 0.6) is 0 Å². The predicted octanol–water partition coefficient (Wildman–Crippen LogP) is 3.90. The lowest BCUT2D eigenvalue weighted by molar-refractivity contribution is -0.194. The van der Waals surface area contributed by atoms with Crippen molar-refractivity contribution in [3.63, 3.8) is 0 Å². The molecule has 0 aliphatic carbocycles. The highest BCUT2D eigenvalue weighted by molar-refractivity contribution is 7.17. The number of hydrogen-bond donors (Lipinski definition) is 1. The summed E-state index contributed by atoms with van der Waals surface area (Å²) in [4.78, 5) is 43.4. The fourth-order valence-corrected chi connectivity index (χ4v) is 6.20. The van der Waals surface area contributed by atoms with Crippen molar-refractivity contribution in [1.29, 1.82) is 0 Å². The van der Waals surface area contributed by atoms with Crippen LogP contribution in [0.15, 0.2) is 53.9 Å². The van der Waals surface area contributed by atoms with Gasteiger partial charge in [-0.05, 0) is 53.9 Å². The van der Waals surface area contributed by atoms with Crippen LogP contribution in [0.4, 0.5) is 4.79 Å². The average Bonchev–Trinajstić information content (AvgIpc) is 3.27. The summed E-state index contributed by atoms with van der Waals surface area (Å²) in [6.07, 6.45) is -0.626. The van der Waals surface area contributed by atoms with Crippen molar-refractivity contribution >= 4 is 50.9 Å². The summed E-state index contributed by atoms with van der Waals surface area (Å²) < 4.78 is 1.16. The van der Waals surface area contributed by atoms with E-state index in [0.29, 0.717) is 18.1 Å². The van der Waals surface area contributed by atoms with Crippen molar-refractivity contribution in [2.45, 2.75) is 45.2 Å². The molecule has 5 rings (SSSR count). The Labute approximate surface area is 219 Å². The van der Waals surface area contributed by atoms with E-state index < -0.39 is 18.2 Å². The first-order chi connectivity index (χ1) is 17.3. The maximum atomic E-state index is 13.5. The van der Waals surface area contributed by atoms with Gasteiger partial charge in [0, 0.05) is 29.9 Å². The first-order valence-corrected chi connectivity index (χ1v) is 13.1. The molecule has 2 aromatic carbocycles. The van der Waals surface area contributed by atoms with E-state index in [9.17, 15) is 14.4 Å². The van der Waals surface area contributed by atoms with Crippen molar-refractivity contribution in [3.05, 3.63) is 70.1 Å². The number of hydrogen-bond acceptors (Lipinski definition) is 5. The molecule has 8 nitrogen and oxygen atoms in total. The Morgan fingerprint density at radius 1 is 1.11 bits per heavy atom. The molecule has 1 N–H and O–H groups in total. The number of fused-ring (bicyclic) bond motifs is 2. The van der Waals surface area contributed by atoms with Crippen molar-refractivity contribution in [3.8, 4) is 0 Å². The summed E-state index contributed by atoms with van der Waals surface area (Å²) in [6.45, 7) is 4.39. The molecule has 2 aliphatic rings. The second-order valence-electron chi connectivity index (χ2n) is 9.30. The Morgan fingerprint density at radius 3 is 2.58 bits per heavy atom. The summed E-state index contributed by atoms with van der Waals surface area (Å²) in [5.41, 5.74) is 1.97. The molecule has 4 amide bonds. The van der Waals surface area contributed by atoms with Gasteiger partial charge < -0.3 is 15.1 Å². The summed E-state index contributed by atoms with van der Waals surface area (Å²) in [5, 5.41) is 10.00. The first-order valence-electron chi connectivity index (χ1n) is 11.9. The van der Waals surface area contributed by atoms with Gasteiger partial charge >= 0.3 is 6.03 Å². The number of hydrazine groups is 1. The zero-order valence-corrected chi connectivity index (χ0v) is 21.9. The highest BCUT2D eigenvalue weighted by Crippen LogP contribution is 2.33. The second-order valence-corrected chi connectivity index (χ2v) is 10.6. The van der Waals surface area contributed by atoms with Gasteiger partial charge in [-0.2, -0.15) is 0 Å². The molecule has 0 saturated carbocycles. The third kappa shape index (κ3) is 4.31. The van der Waals surface area contributed by atoms with Crippen LogP contribution < -0.4 is 5.32 Å². The Morgan fingerprint density at radius 2 is 1.83 bits per heavy atom. The van der Waals surface area contributed by atoms with E-state index in [4.69, 9.17) is 11.6 Å². The molecule has 0 spiro atoms. The number of nitrogens with one attached hydrogen (secondary N) is 1. The van der Waals surface area contributed by atoms with Gasteiger partial charge in [0.15, 0.2) is 0 Å². The summed E-state index contributed by atoms with van der Waals surface area (Å²) in [5.74, 6) is -0.286. The van der Waals surface area contributed by atoms with Crippen LogP contribution in [0.25, 0.3) is 10.1 Å². The van der Waals surface area contributed by atoms with Crippen LogP contribution in [0.3, 0.4) is 0 Å². The van der Waals surface area contributed by atoms with E-state index in [-0.39, 0.29) is 24.4 Å². The molecule has 0 radical (unpaired) electrons. The zero-order chi connectivity index (χ0) is 25.6. The minimum absolute atomic E-state index is 0.0182. The fraction of sp³-hybridized carbons (Fsp3) is 0.346. The van der Waals surface area contributed by atoms with E-state index in [1.165, 1.54) is 0 Å². The zero-order valence-electron chi connectivity index (χ0n) is 20.3. The van der Waals surface area contributed by atoms with Gasteiger partial charge in [-0.3, -0.25) is 9.59 Å². The molecule has 188 valence electrons. The SMILES string of the molecule is C[C@H]1[C@H]2N(C(=O)CN(C)N2C(=O)NCc2ccc(Cl)cc2)[C@@H](C)C(=O)N1Cc1csc2ccccc12. The number of rotatable bonds is 4. The number of benzene rings is 2. The normalized spacial score (nSPS) is 22.8. The highest BCUT2D eigenvalue weighted by atomic mass is 35.5. The van der Waals surface area contributed by atoms with Crippen molar-refractivity contribution in [2.24, 2.45) is 0 Å². The van der Waals surface area contributed by atoms with Crippen molar-refractivity contribution in [1.82, 2.24) is 25.1 Å². The van der Waals surface area contributed by atoms with Crippen LogP contribution in [-0.2, 0) is 22.7 Å². The number of amides is 4. The fourth-order valence-electron chi connectivity index (χ4n) is 5.12. The summed E-state index contributed by atoms with van der Waals surface area (Å²) in [6, 6.07) is 14.0. The number of carbonyl (C=O) groups is 3. The smallest absolute Gasteiger partial charge is 0.333 e. The monoisotopic (exact) mass is 525 g/mol. The van der Waals surface area contributed by atoms with Crippen LogP contribution >= 0.6 is 22.9 Å². The molecule has 2 aliphatic heterocycles. The predicted molar refractivity (Wildman–Crippen MR) is 140 cm³/mol. The largest absolute Gasteiger partial charge is 0.334 e. The number of piperazine rings is 1. The highest BCUT2D eigenvalue weighted by Gasteiger charge is 2.52. The lowest BCUT2D eigenvalue weighted by Crippen LogP contribution is -2.77. The standard InChI is InChI=1S/C26H28ClN5O3S/c1-16-24-31(17(2)25(34)30(16)13-19-15-36-22-7-5-4-6-21(19)22)23(33)14-29(3)32(24)26(35)28-12-18-8-10-20(27)11-9-18/h4-11,15-17,24H,12-14H2,1-3H3,(H,28,35)/t16-,17-,24-/m0/s1. The molecule has 0 unspecified atom stereocenters. The molecule has 1 aromatic heterocycles. The molecule has 3 heterocycles. The molecule has 3 atom stereocenters. The van der Waals surface area contributed by atoms with Gasteiger partial charge in [0.05, 0.1) is 12.6 Å². The van der Waals surface area contributed by atoms with Crippen LogP contribution in [0, 0.1) is 0 Å². The number of thiophene rings is 1. The number of nitrogens with zero attached hydrogens (tertiary/aromatic N) is 4. The molecule has 2 fully saturated rings. The lowest BCUT2D eigenvalue weighted by atomic mass is 10.0. The Kier molecular flexibility index (Phi) is 6.63. The van der Waals surface area contributed by atoms with E-state index in [0.717, 1.165) is 21.2 Å². The third-order valence-corrected chi connectivity index (χ3v) is 8.27. The maximum Gasteiger partial charge on any atom is 0.334 e. The molecular formula is C26H28ClN5O3S. The first kappa shape index (κ1) is 24.5. The molecule has 36 heavy (non-hydrogen) atoms. The Hall–Kier alpha value is -3.14. The number of urea groups is 1. The third-order valence-electron chi connectivity index (χ3n) is 7.00. The topological polar surface area (TPSA) is 76.2 Å². The molecule has 0 bridgehead atoms. The minimum Gasteiger partial charge on any atom is -0.333 e. The number of halogens is 1. The van der Waals surface area contributed by atoms with Crippen LogP contribution in [0.1, 0.15) is 25.0 Å². The van der Waals surface area contributed by atoms with Gasteiger partial charge in [-0.25, -0.2) is 14.8 Å². The summed E-state index contributed by atoms with van der Waals surface area (Å²) >= 11 is 7.62. The Bertz CT molecular complexity index is 1310. The molecule has 2 saturated heterocycles.